The monoisotopic (exact) mass is 385 g/mol. The van der Waals surface area contributed by atoms with Crippen molar-refractivity contribution in [3.8, 4) is 5.75 Å². The van der Waals surface area contributed by atoms with Gasteiger partial charge in [-0.2, -0.15) is 4.98 Å². The van der Waals surface area contributed by atoms with Gasteiger partial charge in [0.1, 0.15) is 11.9 Å². The van der Waals surface area contributed by atoms with E-state index in [-0.39, 0.29) is 17.9 Å². The largest absolute Gasteiger partial charge is 0.496 e. The van der Waals surface area contributed by atoms with Gasteiger partial charge in [0, 0.05) is 12.5 Å². The Morgan fingerprint density at radius 1 is 1.36 bits per heavy atom. The molecule has 1 aromatic heterocycles. The third-order valence-electron chi connectivity index (χ3n) is 5.71. The molecule has 0 bridgehead atoms. The van der Waals surface area contributed by atoms with Gasteiger partial charge >= 0.3 is 0 Å². The second kappa shape index (κ2) is 7.20. The van der Waals surface area contributed by atoms with E-state index in [0.717, 1.165) is 29.7 Å². The third-order valence-corrected chi connectivity index (χ3v) is 5.71. The number of hydrogen-bond acceptors (Lipinski definition) is 6. The molecule has 150 valence electrons. The van der Waals surface area contributed by atoms with Crippen LogP contribution in [0.3, 0.4) is 0 Å². The summed E-state index contributed by atoms with van der Waals surface area (Å²) in [6.45, 7) is 7.50. The van der Waals surface area contributed by atoms with Crippen LogP contribution in [0.4, 0.5) is 0 Å². The number of rotatable bonds is 5. The Balaban J connectivity index is 1.52. The van der Waals surface area contributed by atoms with Crippen LogP contribution >= 0.6 is 0 Å². The van der Waals surface area contributed by atoms with Crippen LogP contribution < -0.4 is 4.74 Å². The first-order valence-corrected chi connectivity index (χ1v) is 9.84. The predicted octanol–water partition coefficient (Wildman–Crippen LogP) is 3.14. The number of ether oxygens (including phenoxy) is 2. The van der Waals surface area contributed by atoms with E-state index < -0.39 is 5.41 Å². The van der Waals surface area contributed by atoms with Gasteiger partial charge in [0.15, 0.2) is 0 Å². The summed E-state index contributed by atoms with van der Waals surface area (Å²) in [4.78, 5) is 19.7. The van der Waals surface area contributed by atoms with E-state index in [2.05, 4.69) is 16.2 Å². The van der Waals surface area contributed by atoms with E-state index in [0.29, 0.717) is 31.4 Å². The number of nitrogens with zero attached hydrogens (tertiary/aromatic N) is 3. The van der Waals surface area contributed by atoms with Crippen LogP contribution in [0, 0.1) is 6.92 Å². The molecule has 0 spiro atoms. The highest BCUT2D eigenvalue weighted by atomic mass is 16.5. The van der Waals surface area contributed by atoms with Gasteiger partial charge in [0.05, 0.1) is 25.7 Å². The summed E-state index contributed by atoms with van der Waals surface area (Å²) in [5, 5.41) is 4.06. The Kier molecular flexibility index (Phi) is 4.87. The molecule has 0 radical (unpaired) electrons. The fourth-order valence-corrected chi connectivity index (χ4v) is 3.77. The number of carbonyl (C=O) groups excluding carboxylic acids is 1. The molecule has 2 aromatic rings. The number of morpholine rings is 1. The third kappa shape index (κ3) is 3.28. The zero-order chi connectivity index (χ0) is 19.9. The number of methoxy groups -OCH3 is 1. The molecule has 1 amide bonds. The lowest BCUT2D eigenvalue weighted by Gasteiger charge is -2.34. The van der Waals surface area contributed by atoms with E-state index >= 15 is 0 Å². The van der Waals surface area contributed by atoms with E-state index in [1.54, 1.807) is 7.11 Å². The molecule has 4 rings (SSSR count). The number of benzene rings is 1. The number of hydrogen-bond donors (Lipinski definition) is 0. The van der Waals surface area contributed by atoms with Gasteiger partial charge in [-0.25, -0.2) is 0 Å². The molecule has 1 aliphatic heterocycles. The lowest BCUT2D eigenvalue weighted by atomic mass is 9.92. The van der Waals surface area contributed by atoms with Crippen molar-refractivity contribution >= 4 is 5.91 Å². The maximum Gasteiger partial charge on any atom is 0.233 e. The normalized spacial score (nSPS) is 21.0. The minimum absolute atomic E-state index is 0.152. The number of aromatic nitrogens is 2. The molecule has 0 N–H and O–H groups in total. The fourth-order valence-electron chi connectivity index (χ4n) is 3.77. The maximum absolute atomic E-state index is 13.4. The highest BCUT2D eigenvalue weighted by Crippen LogP contribution is 2.51. The fraction of sp³-hybridized carbons (Fsp3) is 0.571. The SMILES string of the molecule is COc1cc(C2(C(=O)N3CCO[C@H](c4noc(C(C)C)n4)C3)CC2)ccc1C. The van der Waals surface area contributed by atoms with Crippen molar-refractivity contribution in [3.63, 3.8) is 0 Å². The molecule has 2 fully saturated rings. The minimum Gasteiger partial charge on any atom is -0.496 e. The molecule has 1 saturated carbocycles. The second-order valence-electron chi connectivity index (χ2n) is 8.02. The molecular formula is C21H27N3O4. The molecule has 1 aromatic carbocycles. The summed E-state index contributed by atoms with van der Waals surface area (Å²) in [7, 11) is 1.66. The molecule has 0 unspecified atom stereocenters. The van der Waals surface area contributed by atoms with E-state index in [9.17, 15) is 4.79 Å². The molecule has 7 heteroatoms. The summed E-state index contributed by atoms with van der Waals surface area (Å²) < 4.78 is 16.6. The van der Waals surface area contributed by atoms with Crippen LogP contribution in [0.1, 0.15) is 61.6 Å². The molecule has 1 saturated heterocycles. The zero-order valence-corrected chi connectivity index (χ0v) is 16.9. The van der Waals surface area contributed by atoms with Gasteiger partial charge in [-0.3, -0.25) is 4.79 Å². The van der Waals surface area contributed by atoms with Crippen molar-refractivity contribution in [1.82, 2.24) is 15.0 Å². The first-order valence-electron chi connectivity index (χ1n) is 9.84. The predicted molar refractivity (Wildman–Crippen MR) is 102 cm³/mol. The Labute approximate surface area is 165 Å². The summed E-state index contributed by atoms with van der Waals surface area (Å²) in [6.07, 6.45) is 1.37. The average molecular weight is 385 g/mol. The van der Waals surface area contributed by atoms with Gasteiger partial charge in [-0.05, 0) is 37.0 Å². The first-order chi connectivity index (χ1) is 13.4. The molecule has 1 aliphatic carbocycles. The summed E-state index contributed by atoms with van der Waals surface area (Å²) in [6, 6.07) is 6.08. The van der Waals surface area contributed by atoms with Crippen molar-refractivity contribution < 1.29 is 18.8 Å². The highest BCUT2D eigenvalue weighted by molar-refractivity contribution is 5.91. The maximum atomic E-state index is 13.4. The van der Waals surface area contributed by atoms with Gasteiger partial charge in [-0.15, -0.1) is 0 Å². The molecule has 2 heterocycles. The van der Waals surface area contributed by atoms with Crippen LogP contribution in [0.2, 0.25) is 0 Å². The Morgan fingerprint density at radius 2 is 2.14 bits per heavy atom. The van der Waals surface area contributed by atoms with Crippen LogP contribution in [-0.2, 0) is 14.9 Å². The van der Waals surface area contributed by atoms with Gasteiger partial charge in [0.2, 0.25) is 17.6 Å². The van der Waals surface area contributed by atoms with Gasteiger partial charge < -0.3 is 18.9 Å². The van der Waals surface area contributed by atoms with Crippen LogP contribution in [0.25, 0.3) is 0 Å². The number of carbonyl (C=O) groups is 1. The van der Waals surface area contributed by atoms with Gasteiger partial charge in [-0.1, -0.05) is 31.1 Å². The zero-order valence-electron chi connectivity index (χ0n) is 16.9. The molecule has 1 atom stereocenters. The van der Waals surface area contributed by atoms with Crippen molar-refractivity contribution in [2.75, 3.05) is 26.8 Å². The van der Waals surface area contributed by atoms with Crippen molar-refractivity contribution in [3.05, 3.63) is 41.0 Å². The quantitative estimate of drug-likeness (QED) is 0.787. The molecule has 7 nitrogen and oxygen atoms in total. The summed E-state index contributed by atoms with van der Waals surface area (Å²) in [5.41, 5.74) is 1.66. The molecule has 28 heavy (non-hydrogen) atoms. The van der Waals surface area contributed by atoms with E-state index in [1.165, 1.54) is 0 Å². The summed E-state index contributed by atoms with van der Waals surface area (Å²) in [5.74, 6) is 2.24. The lowest BCUT2D eigenvalue weighted by molar-refractivity contribution is -0.142. The van der Waals surface area contributed by atoms with Gasteiger partial charge in [0.25, 0.3) is 0 Å². The van der Waals surface area contributed by atoms with Crippen molar-refractivity contribution in [1.29, 1.82) is 0 Å². The first kappa shape index (κ1) is 18.9. The van der Waals surface area contributed by atoms with Crippen LogP contribution in [-0.4, -0.2) is 47.8 Å². The molecule has 2 aliphatic rings. The van der Waals surface area contributed by atoms with Crippen molar-refractivity contribution in [2.45, 2.75) is 51.0 Å². The Bertz CT molecular complexity index is 872. The topological polar surface area (TPSA) is 77.7 Å². The highest BCUT2D eigenvalue weighted by Gasteiger charge is 2.53. The average Bonchev–Trinajstić information content (AvgIpc) is 3.36. The second-order valence-corrected chi connectivity index (χ2v) is 8.02. The van der Waals surface area contributed by atoms with Crippen LogP contribution in [0.15, 0.2) is 22.7 Å². The molecular weight excluding hydrogens is 358 g/mol. The van der Waals surface area contributed by atoms with Crippen molar-refractivity contribution in [2.24, 2.45) is 0 Å². The van der Waals surface area contributed by atoms with E-state index in [4.69, 9.17) is 14.0 Å². The number of amides is 1. The summed E-state index contributed by atoms with van der Waals surface area (Å²) >= 11 is 0. The Morgan fingerprint density at radius 3 is 2.79 bits per heavy atom. The van der Waals surface area contributed by atoms with Crippen LogP contribution in [0.5, 0.6) is 5.75 Å². The number of aryl methyl sites for hydroxylation is 1. The van der Waals surface area contributed by atoms with E-state index in [1.807, 2.05) is 37.8 Å². The smallest absolute Gasteiger partial charge is 0.233 e. The standard InChI is InChI=1S/C21H27N3O4/c1-13(2)19-22-18(23-28-19)17-12-24(9-10-27-17)20(25)21(7-8-21)15-6-5-14(3)16(11-15)26-4/h5-6,11,13,17H,7-10,12H2,1-4H3/t17-/m0/s1. The minimum atomic E-state index is -0.441. The Hall–Kier alpha value is -2.41. The lowest BCUT2D eigenvalue weighted by Crippen LogP contribution is -2.47.